The van der Waals surface area contributed by atoms with E-state index in [9.17, 15) is 5.11 Å². The summed E-state index contributed by atoms with van der Waals surface area (Å²) >= 11 is 0. The summed E-state index contributed by atoms with van der Waals surface area (Å²) in [5, 5.41) is 12.7. The van der Waals surface area contributed by atoms with E-state index in [1.807, 2.05) is 21.0 Å². The van der Waals surface area contributed by atoms with Crippen molar-refractivity contribution in [2.24, 2.45) is 0 Å². The number of anilines is 1. The van der Waals surface area contributed by atoms with Crippen molar-refractivity contribution in [3.63, 3.8) is 0 Å². The Kier molecular flexibility index (Phi) is 6.16. The molecule has 0 aliphatic heterocycles. The third-order valence-corrected chi connectivity index (χ3v) is 3.16. The summed E-state index contributed by atoms with van der Waals surface area (Å²) in [6.45, 7) is 4.96. The van der Waals surface area contributed by atoms with Crippen molar-refractivity contribution in [2.45, 2.75) is 38.8 Å². The summed E-state index contributed by atoms with van der Waals surface area (Å²) in [6, 6.07) is 8.98. The molecule has 0 aliphatic carbocycles. The first-order chi connectivity index (χ1) is 8.50. The smallest absolute Gasteiger partial charge is 0.0512 e. The molecule has 2 N–H and O–H groups in total. The van der Waals surface area contributed by atoms with E-state index < -0.39 is 0 Å². The van der Waals surface area contributed by atoms with Gasteiger partial charge in [-0.3, -0.25) is 0 Å². The van der Waals surface area contributed by atoms with Crippen LogP contribution >= 0.6 is 0 Å². The van der Waals surface area contributed by atoms with E-state index in [0.29, 0.717) is 6.04 Å². The second-order valence-corrected chi connectivity index (χ2v) is 5.15. The molecule has 0 aliphatic rings. The number of hydrogen-bond donors (Lipinski definition) is 2. The highest BCUT2D eigenvalue weighted by molar-refractivity contribution is 5.46. The van der Waals surface area contributed by atoms with E-state index in [4.69, 9.17) is 0 Å². The number of hydrogen-bond acceptors (Lipinski definition) is 3. The van der Waals surface area contributed by atoms with Crippen LogP contribution in [-0.4, -0.2) is 31.9 Å². The van der Waals surface area contributed by atoms with Crippen LogP contribution in [0.15, 0.2) is 24.3 Å². The molecular formula is C15H26N2O. The van der Waals surface area contributed by atoms with Crippen LogP contribution in [0.25, 0.3) is 0 Å². The summed E-state index contributed by atoms with van der Waals surface area (Å²) in [5.74, 6) is 0. The Bertz CT molecular complexity index is 333. The quantitative estimate of drug-likeness (QED) is 0.730. The summed E-state index contributed by atoms with van der Waals surface area (Å²) in [7, 11) is 4.10. The zero-order valence-corrected chi connectivity index (χ0v) is 12.0. The Balaban J connectivity index is 2.39. The Morgan fingerprint density at radius 2 is 1.78 bits per heavy atom. The molecule has 1 rings (SSSR count). The third kappa shape index (κ3) is 5.07. The minimum Gasteiger partial charge on any atom is -0.393 e. The maximum atomic E-state index is 9.18. The van der Waals surface area contributed by atoms with Crippen molar-refractivity contribution in [3.8, 4) is 0 Å². The molecule has 1 aromatic rings. The van der Waals surface area contributed by atoms with Gasteiger partial charge in [-0.15, -0.1) is 0 Å². The predicted octanol–water partition coefficient (Wildman–Crippen LogP) is 2.56. The number of nitrogens with zero attached hydrogens (tertiary/aromatic N) is 1. The molecule has 0 amide bonds. The molecule has 0 saturated heterocycles. The van der Waals surface area contributed by atoms with Gasteiger partial charge in [0.15, 0.2) is 0 Å². The maximum absolute atomic E-state index is 9.18. The van der Waals surface area contributed by atoms with Gasteiger partial charge in [-0.1, -0.05) is 12.1 Å². The van der Waals surface area contributed by atoms with E-state index in [1.165, 1.54) is 11.3 Å². The lowest BCUT2D eigenvalue weighted by atomic mass is 10.1. The fourth-order valence-electron chi connectivity index (χ4n) is 1.90. The maximum Gasteiger partial charge on any atom is 0.0512 e. The highest BCUT2D eigenvalue weighted by atomic mass is 16.3. The van der Waals surface area contributed by atoms with E-state index >= 15 is 0 Å². The summed E-state index contributed by atoms with van der Waals surface area (Å²) < 4.78 is 0. The second-order valence-electron chi connectivity index (χ2n) is 5.15. The van der Waals surface area contributed by atoms with E-state index in [-0.39, 0.29) is 6.10 Å². The molecule has 0 spiro atoms. The Morgan fingerprint density at radius 1 is 1.17 bits per heavy atom. The fourth-order valence-corrected chi connectivity index (χ4v) is 1.90. The highest BCUT2D eigenvalue weighted by Crippen LogP contribution is 2.17. The molecule has 2 atom stereocenters. The number of aliphatic hydroxyl groups excluding tert-OH is 1. The Labute approximate surface area is 111 Å². The lowest BCUT2D eigenvalue weighted by Crippen LogP contribution is -2.20. The molecule has 2 unspecified atom stereocenters. The molecule has 0 heterocycles. The molecule has 102 valence electrons. The first-order valence-corrected chi connectivity index (χ1v) is 6.69. The normalized spacial score (nSPS) is 14.3. The molecule has 3 heteroatoms. The Hall–Kier alpha value is -1.06. The molecule has 18 heavy (non-hydrogen) atoms. The van der Waals surface area contributed by atoms with Crippen LogP contribution in [0.5, 0.6) is 0 Å². The summed E-state index contributed by atoms with van der Waals surface area (Å²) in [4.78, 5) is 2.10. The van der Waals surface area contributed by atoms with Crippen molar-refractivity contribution in [1.82, 2.24) is 5.32 Å². The van der Waals surface area contributed by atoms with Gasteiger partial charge in [0.05, 0.1) is 6.10 Å². The molecule has 0 bridgehead atoms. The van der Waals surface area contributed by atoms with Crippen LogP contribution in [0.1, 0.15) is 38.3 Å². The Morgan fingerprint density at radius 3 is 2.28 bits per heavy atom. The van der Waals surface area contributed by atoms with E-state index in [1.54, 1.807) is 0 Å². The lowest BCUT2D eigenvalue weighted by Gasteiger charge is -2.17. The van der Waals surface area contributed by atoms with Gasteiger partial charge in [-0.2, -0.15) is 0 Å². The van der Waals surface area contributed by atoms with Crippen molar-refractivity contribution < 1.29 is 5.11 Å². The molecule has 0 fully saturated rings. The summed E-state index contributed by atoms with van der Waals surface area (Å²) in [5.41, 5.74) is 2.53. The molecule has 3 nitrogen and oxygen atoms in total. The van der Waals surface area contributed by atoms with Crippen LogP contribution in [0, 0.1) is 0 Å². The van der Waals surface area contributed by atoms with Gasteiger partial charge in [-0.25, -0.2) is 0 Å². The van der Waals surface area contributed by atoms with Gasteiger partial charge in [0.25, 0.3) is 0 Å². The molecule has 0 radical (unpaired) electrons. The number of rotatable bonds is 7. The van der Waals surface area contributed by atoms with Gasteiger partial charge in [0.1, 0.15) is 0 Å². The number of nitrogens with one attached hydrogen (secondary N) is 1. The molecule has 0 saturated carbocycles. The first kappa shape index (κ1) is 15.0. The topological polar surface area (TPSA) is 35.5 Å². The molecular weight excluding hydrogens is 224 g/mol. The standard InChI is InChI=1S/C15H26N2O/c1-12(18)6-5-11-16-13(2)14-7-9-15(10-8-14)17(3)4/h7-10,12-13,16,18H,5-6,11H2,1-4H3. The van der Waals surface area contributed by atoms with Gasteiger partial charge in [-0.05, 0) is 50.9 Å². The van der Waals surface area contributed by atoms with Gasteiger partial charge < -0.3 is 15.3 Å². The van der Waals surface area contributed by atoms with Crippen molar-refractivity contribution >= 4 is 5.69 Å². The monoisotopic (exact) mass is 250 g/mol. The van der Waals surface area contributed by atoms with E-state index in [2.05, 4.69) is 41.4 Å². The third-order valence-electron chi connectivity index (χ3n) is 3.16. The van der Waals surface area contributed by atoms with Gasteiger partial charge >= 0.3 is 0 Å². The average molecular weight is 250 g/mol. The number of benzene rings is 1. The van der Waals surface area contributed by atoms with Crippen LogP contribution in [-0.2, 0) is 0 Å². The minimum absolute atomic E-state index is 0.193. The second kappa shape index (κ2) is 7.39. The SMILES string of the molecule is CC(O)CCCNC(C)c1ccc(N(C)C)cc1. The zero-order valence-electron chi connectivity index (χ0n) is 12.0. The van der Waals surface area contributed by atoms with Crippen molar-refractivity contribution in [1.29, 1.82) is 0 Å². The van der Waals surface area contributed by atoms with Crippen LogP contribution in [0.2, 0.25) is 0 Å². The minimum atomic E-state index is -0.193. The molecule has 0 aromatic heterocycles. The summed E-state index contributed by atoms with van der Waals surface area (Å²) in [6.07, 6.45) is 1.68. The number of aliphatic hydroxyl groups is 1. The highest BCUT2D eigenvalue weighted by Gasteiger charge is 2.05. The van der Waals surface area contributed by atoms with Crippen LogP contribution < -0.4 is 10.2 Å². The van der Waals surface area contributed by atoms with Gasteiger partial charge in [0, 0.05) is 25.8 Å². The average Bonchev–Trinajstić information content (AvgIpc) is 2.34. The van der Waals surface area contributed by atoms with Crippen LogP contribution in [0.4, 0.5) is 5.69 Å². The largest absolute Gasteiger partial charge is 0.393 e. The van der Waals surface area contributed by atoms with Crippen molar-refractivity contribution in [2.75, 3.05) is 25.5 Å². The lowest BCUT2D eigenvalue weighted by molar-refractivity contribution is 0.181. The van der Waals surface area contributed by atoms with Crippen LogP contribution in [0.3, 0.4) is 0 Å². The predicted molar refractivity (Wildman–Crippen MR) is 78.1 cm³/mol. The van der Waals surface area contributed by atoms with E-state index in [0.717, 1.165) is 19.4 Å². The van der Waals surface area contributed by atoms with Gasteiger partial charge in [0.2, 0.25) is 0 Å². The first-order valence-electron chi connectivity index (χ1n) is 6.69. The van der Waals surface area contributed by atoms with Crippen molar-refractivity contribution in [3.05, 3.63) is 29.8 Å². The zero-order chi connectivity index (χ0) is 13.5. The molecule has 1 aromatic carbocycles. The fraction of sp³-hybridized carbons (Fsp3) is 0.600.